The van der Waals surface area contributed by atoms with Crippen molar-refractivity contribution in [1.82, 2.24) is 9.21 Å². The molecule has 122 valence electrons. The summed E-state index contributed by atoms with van der Waals surface area (Å²) in [4.78, 5) is 24.4. The molecule has 2 rings (SSSR count). The zero-order valence-corrected chi connectivity index (χ0v) is 13.0. The molecule has 0 saturated carbocycles. The summed E-state index contributed by atoms with van der Waals surface area (Å²) < 4.78 is 30.6. The number of sulfonamides is 1. The van der Waals surface area contributed by atoms with Gasteiger partial charge in [0.05, 0.1) is 17.9 Å². The summed E-state index contributed by atoms with van der Waals surface area (Å²) in [6.07, 6.45) is 1.40. The van der Waals surface area contributed by atoms with Crippen LogP contribution in [-0.4, -0.2) is 66.5 Å². The molecule has 0 bridgehead atoms. The number of piperazine rings is 1. The Morgan fingerprint density at radius 1 is 1.32 bits per heavy atom. The minimum Gasteiger partial charge on any atom is -0.481 e. The van der Waals surface area contributed by atoms with E-state index < -0.39 is 27.7 Å². The second-order valence-corrected chi connectivity index (χ2v) is 7.20. The van der Waals surface area contributed by atoms with E-state index in [0.717, 1.165) is 0 Å². The van der Waals surface area contributed by atoms with E-state index in [0.29, 0.717) is 0 Å². The Hall–Kier alpha value is -1.87. The maximum Gasteiger partial charge on any atom is 0.307 e. The maximum atomic E-state index is 12.1. The first-order valence-corrected chi connectivity index (χ1v) is 8.45. The highest BCUT2D eigenvalue weighted by molar-refractivity contribution is 7.89. The van der Waals surface area contributed by atoms with E-state index in [1.165, 1.54) is 22.4 Å². The molecule has 1 N–H and O–H groups in total. The molecule has 1 fully saturated rings. The molecule has 0 aliphatic carbocycles. The van der Waals surface area contributed by atoms with Gasteiger partial charge in [-0.2, -0.15) is 4.31 Å². The van der Waals surface area contributed by atoms with Gasteiger partial charge in [-0.15, -0.1) is 0 Å². The lowest BCUT2D eigenvalue weighted by atomic mass is 10.2. The van der Waals surface area contributed by atoms with Crippen LogP contribution in [0.1, 0.15) is 17.5 Å². The summed E-state index contributed by atoms with van der Waals surface area (Å²) in [6.45, 7) is 2.17. The Kier molecular flexibility index (Phi) is 4.87. The van der Waals surface area contributed by atoms with Crippen molar-refractivity contribution in [3.05, 3.63) is 24.2 Å². The predicted octanol–water partition coefficient (Wildman–Crippen LogP) is 0.0879. The van der Waals surface area contributed by atoms with Crippen molar-refractivity contribution in [2.24, 2.45) is 5.92 Å². The number of hydrogen-bond donors (Lipinski definition) is 1. The van der Waals surface area contributed by atoms with Crippen LogP contribution in [0.15, 0.2) is 22.8 Å². The van der Waals surface area contributed by atoms with Gasteiger partial charge in [-0.1, -0.05) is 6.92 Å². The normalized spacial score (nSPS) is 18.1. The SMILES string of the molecule is CC(CS(=O)(=O)N1CCN(C(=O)c2ccco2)CC1)C(=O)O. The predicted molar refractivity (Wildman–Crippen MR) is 76.8 cm³/mol. The first-order chi connectivity index (χ1) is 10.3. The van der Waals surface area contributed by atoms with Crippen LogP contribution in [0.5, 0.6) is 0 Å². The highest BCUT2D eigenvalue weighted by atomic mass is 32.2. The third-order valence-corrected chi connectivity index (χ3v) is 5.61. The van der Waals surface area contributed by atoms with E-state index in [1.807, 2.05) is 0 Å². The Labute approximate surface area is 128 Å². The van der Waals surface area contributed by atoms with Gasteiger partial charge in [0.1, 0.15) is 0 Å². The quantitative estimate of drug-likeness (QED) is 0.819. The standard InChI is InChI=1S/C13H18N2O6S/c1-10(13(17)18)9-22(19,20)15-6-4-14(5-7-15)12(16)11-3-2-8-21-11/h2-3,8,10H,4-7,9H2,1H3,(H,17,18). The van der Waals surface area contributed by atoms with E-state index in [4.69, 9.17) is 9.52 Å². The van der Waals surface area contributed by atoms with Crippen molar-refractivity contribution >= 4 is 21.9 Å². The number of amides is 1. The maximum absolute atomic E-state index is 12.1. The van der Waals surface area contributed by atoms with Gasteiger partial charge >= 0.3 is 5.97 Å². The summed E-state index contributed by atoms with van der Waals surface area (Å²) in [7, 11) is -3.64. The second-order valence-electron chi connectivity index (χ2n) is 5.19. The number of rotatable bonds is 5. The number of furan rings is 1. The molecule has 0 radical (unpaired) electrons. The number of hydrogen-bond acceptors (Lipinski definition) is 5. The van der Waals surface area contributed by atoms with Crippen molar-refractivity contribution in [3.8, 4) is 0 Å². The summed E-state index contributed by atoms with van der Waals surface area (Å²) in [5.41, 5.74) is 0. The fraction of sp³-hybridized carbons (Fsp3) is 0.538. The molecule has 2 heterocycles. The fourth-order valence-corrected chi connectivity index (χ4v) is 3.92. The fourth-order valence-electron chi connectivity index (χ4n) is 2.22. The van der Waals surface area contributed by atoms with E-state index in [2.05, 4.69) is 0 Å². The molecule has 8 nitrogen and oxygen atoms in total. The summed E-state index contributed by atoms with van der Waals surface area (Å²) in [5.74, 6) is -2.60. The summed E-state index contributed by atoms with van der Waals surface area (Å²) >= 11 is 0. The Morgan fingerprint density at radius 2 is 1.95 bits per heavy atom. The van der Waals surface area contributed by atoms with Gasteiger partial charge in [0.2, 0.25) is 10.0 Å². The lowest BCUT2D eigenvalue weighted by molar-refractivity contribution is -0.140. The number of carboxylic acid groups (broad SMARTS) is 1. The molecular formula is C13H18N2O6S. The molecule has 1 aromatic heterocycles. The Bertz CT molecular complexity index is 631. The van der Waals surface area contributed by atoms with Crippen LogP contribution >= 0.6 is 0 Å². The molecule has 0 spiro atoms. The zero-order chi connectivity index (χ0) is 16.3. The smallest absolute Gasteiger partial charge is 0.307 e. The summed E-state index contributed by atoms with van der Waals surface area (Å²) in [5, 5.41) is 8.82. The molecule has 1 amide bonds. The number of nitrogens with zero attached hydrogens (tertiary/aromatic N) is 2. The number of carbonyl (C=O) groups excluding carboxylic acids is 1. The van der Waals surface area contributed by atoms with Crippen LogP contribution in [0, 0.1) is 5.92 Å². The molecule has 1 aromatic rings. The molecule has 1 aliphatic heterocycles. The van der Waals surface area contributed by atoms with Crippen LogP contribution in [0.4, 0.5) is 0 Å². The van der Waals surface area contributed by atoms with Crippen molar-refractivity contribution in [2.45, 2.75) is 6.92 Å². The van der Waals surface area contributed by atoms with Gasteiger partial charge in [-0.25, -0.2) is 8.42 Å². The molecule has 22 heavy (non-hydrogen) atoms. The van der Waals surface area contributed by atoms with Crippen molar-refractivity contribution in [1.29, 1.82) is 0 Å². The van der Waals surface area contributed by atoms with E-state index >= 15 is 0 Å². The van der Waals surface area contributed by atoms with E-state index in [1.54, 1.807) is 12.1 Å². The minimum atomic E-state index is -3.64. The lowest BCUT2D eigenvalue weighted by Crippen LogP contribution is -2.51. The molecule has 1 aliphatic rings. The summed E-state index contributed by atoms with van der Waals surface area (Å²) in [6, 6.07) is 3.17. The molecule has 0 aromatic carbocycles. The van der Waals surface area contributed by atoms with Gasteiger partial charge in [0.25, 0.3) is 5.91 Å². The second kappa shape index (κ2) is 6.49. The molecule has 9 heteroatoms. The molecule has 1 unspecified atom stereocenters. The molecule has 1 atom stereocenters. The molecular weight excluding hydrogens is 312 g/mol. The lowest BCUT2D eigenvalue weighted by Gasteiger charge is -2.33. The van der Waals surface area contributed by atoms with Gasteiger partial charge < -0.3 is 14.4 Å². The van der Waals surface area contributed by atoms with Crippen LogP contribution in [0.25, 0.3) is 0 Å². The third kappa shape index (κ3) is 3.66. The van der Waals surface area contributed by atoms with Crippen LogP contribution in [0.3, 0.4) is 0 Å². The topological polar surface area (TPSA) is 108 Å². The van der Waals surface area contributed by atoms with Gasteiger partial charge in [-0.05, 0) is 12.1 Å². The molecule has 1 saturated heterocycles. The average molecular weight is 330 g/mol. The minimum absolute atomic E-state index is 0.154. The van der Waals surface area contributed by atoms with Gasteiger partial charge in [0, 0.05) is 26.2 Å². The van der Waals surface area contributed by atoms with Crippen molar-refractivity contribution in [2.75, 3.05) is 31.9 Å². The van der Waals surface area contributed by atoms with Gasteiger partial charge in [0.15, 0.2) is 5.76 Å². The Morgan fingerprint density at radius 3 is 2.45 bits per heavy atom. The first kappa shape index (κ1) is 16.5. The number of carboxylic acids is 1. The van der Waals surface area contributed by atoms with Crippen LogP contribution < -0.4 is 0 Å². The zero-order valence-electron chi connectivity index (χ0n) is 12.1. The highest BCUT2D eigenvalue weighted by Gasteiger charge is 2.32. The monoisotopic (exact) mass is 330 g/mol. The number of aliphatic carboxylic acids is 1. The van der Waals surface area contributed by atoms with Gasteiger partial charge in [-0.3, -0.25) is 9.59 Å². The third-order valence-electron chi connectivity index (χ3n) is 3.53. The highest BCUT2D eigenvalue weighted by Crippen LogP contribution is 2.14. The van der Waals surface area contributed by atoms with E-state index in [-0.39, 0.29) is 37.8 Å². The Balaban J connectivity index is 1.94. The van der Waals surface area contributed by atoms with Crippen molar-refractivity contribution < 1.29 is 27.5 Å². The average Bonchev–Trinajstić information content (AvgIpc) is 3.00. The first-order valence-electron chi connectivity index (χ1n) is 6.84. The largest absolute Gasteiger partial charge is 0.481 e. The van der Waals surface area contributed by atoms with Crippen LogP contribution in [0.2, 0.25) is 0 Å². The van der Waals surface area contributed by atoms with Crippen LogP contribution in [-0.2, 0) is 14.8 Å². The van der Waals surface area contributed by atoms with E-state index in [9.17, 15) is 18.0 Å². The van der Waals surface area contributed by atoms with Crippen molar-refractivity contribution in [3.63, 3.8) is 0 Å². The number of carbonyl (C=O) groups is 2.